The van der Waals surface area contributed by atoms with E-state index in [9.17, 15) is 0 Å². The number of nitrogens with zero attached hydrogens (tertiary/aromatic N) is 1. The summed E-state index contributed by atoms with van der Waals surface area (Å²) in [6.07, 6.45) is 2.05. The van der Waals surface area contributed by atoms with Crippen molar-refractivity contribution in [1.29, 1.82) is 0 Å². The maximum atomic E-state index is 5.19. The van der Waals surface area contributed by atoms with Gasteiger partial charge in [-0.05, 0) is 11.1 Å². The molecule has 2 aromatic carbocycles. The monoisotopic (exact) mass is 251 g/mol. The van der Waals surface area contributed by atoms with E-state index in [1.165, 1.54) is 11.1 Å². The second kappa shape index (κ2) is 5.81. The van der Waals surface area contributed by atoms with Crippen LogP contribution in [0.5, 0.6) is 0 Å². The van der Waals surface area contributed by atoms with E-state index in [4.69, 9.17) is 9.73 Å². The van der Waals surface area contributed by atoms with Gasteiger partial charge in [0.2, 0.25) is 0 Å². The van der Waals surface area contributed by atoms with E-state index in [1.807, 2.05) is 18.3 Å². The summed E-state index contributed by atoms with van der Waals surface area (Å²) in [5, 5.41) is 0. The molecule has 2 nitrogen and oxygen atoms in total. The molecule has 0 atom stereocenters. The molecule has 3 rings (SSSR count). The van der Waals surface area contributed by atoms with Gasteiger partial charge in [-0.2, -0.15) is 0 Å². The fourth-order valence-corrected chi connectivity index (χ4v) is 2.18. The molecule has 0 amide bonds. The number of aliphatic imine (C=N–C) groups is 1. The molecule has 2 aromatic rings. The number of ether oxygens (including phenoxy) is 1. The molecule has 0 spiro atoms. The van der Waals surface area contributed by atoms with E-state index < -0.39 is 0 Å². The van der Waals surface area contributed by atoms with Crippen LogP contribution in [-0.4, -0.2) is 19.4 Å². The first-order valence-corrected chi connectivity index (χ1v) is 6.64. The highest BCUT2D eigenvalue weighted by atomic mass is 16.5. The molecule has 19 heavy (non-hydrogen) atoms. The summed E-state index contributed by atoms with van der Waals surface area (Å²) in [6, 6.07) is 20.9. The Morgan fingerprint density at radius 1 is 0.895 bits per heavy atom. The van der Waals surface area contributed by atoms with Gasteiger partial charge in [0.05, 0.1) is 19.3 Å². The Kier molecular flexibility index (Phi) is 3.70. The lowest BCUT2D eigenvalue weighted by Crippen LogP contribution is -2.28. The average molecular weight is 251 g/mol. The first-order valence-electron chi connectivity index (χ1n) is 6.64. The molecule has 1 saturated heterocycles. The van der Waals surface area contributed by atoms with Gasteiger partial charge in [-0.1, -0.05) is 60.7 Å². The van der Waals surface area contributed by atoms with E-state index in [0.29, 0.717) is 5.92 Å². The van der Waals surface area contributed by atoms with Crippen molar-refractivity contribution >= 4 is 6.21 Å². The lowest BCUT2D eigenvalue weighted by atomic mass is 9.99. The fourth-order valence-electron chi connectivity index (χ4n) is 2.18. The van der Waals surface area contributed by atoms with Gasteiger partial charge < -0.3 is 4.74 Å². The van der Waals surface area contributed by atoms with Gasteiger partial charge in [-0.15, -0.1) is 0 Å². The lowest BCUT2D eigenvalue weighted by Gasteiger charge is -2.23. The van der Waals surface area contributed by atoms with Crippen LogP contribution in [0.2, 0.25) is 0 Å². The van der Waals surface area contributed by atoms with Gasteiger partial charge in [0.15, 0.2) is 0 Å². The molecule has 0 radical (unpaired) electrons. The van der Waals surface area contributed by atoms with Crippen molar-refractivity contribution in [3.63, 3.8) is 0 Å². The molecule has 1 fully saturated rings. The minimum Gasteiger partial charge on any atom is -0.380 e. The minimum atomic E-state index is 0.0861. The Hall–Kier alpha value is -1.93. The summed E-state index contributed by atoms with van der Waals surface area (Å²) < 4.78 is 5.19. The van der Waals surface area contributed by atoms with Crippen LogP contribution in [0.15, 0.2) is 65.7 Å². The van der Waals surface area contributed by atoms with Crippen molar-refractivity contribution in [3.05, 3.63) is 71.8 Å². The van der Waals surface area contributed by atoms with Crippen molar-refractivity contribution in [2.45, 2.75) is 6.04 Å². The van der Waals surface area contributed by atoms with Gasteiger partial charge >= 0.3 is 0 Å². The number of hydrogen-bond donors (Lipinski definition) is 0. The molecule has 1 aliphatic rings. The summed E-state index contributed by atoms with van der Waals surface area (Å²) in [4.78, 5) is 4.78. The van der Waals surface area contributed by atoms with E-state index in [1.54, 1.807) is 0 Å². The van der Waals surface area contributed by atoms with E-state index in [-0.39, 0.29) is 6.04 Å². The van der Waals surface area contributed by atoms with Crippen LogP contribution in [0.1, 0.15) is 17.2 Å². The first-order chi connectivity index (χ1) is 9.43. The third kappa shape index (κ3) is 2.91. The Labute approximate surface area is 113 Å². The Bertz CT molecular complexity index is 492. The predicted octanol–water partition coefficient (Wildman–Crippen LogP) is 3.49. The number of benzene rings is 2. The fraction of sp³-hybridized carbons (Fsp3) is 0.235. The number of hydrogen-bond acceptors (Lipinski definition) is 2. The van der Waals surface area contributed by atoms with E-state index in [2.05, 4.69) is 48.5 Å². The van der Waals surface area contributed by atoms with E-state index >= 15 is 0 Å². The topological polar surface area (TPSA) is 21.6 Å². The van der Waals surface area contributed by atoms with Gasteiger partial charge in [-0.3, -0.25) is 4.99 Å². The summed E-state index contributed by atoms with van der Waals surface area (Å²) in [5.41, 5.74) is 2.45. The van der Waals surface area contributed by atoms with Crippen LogP contribution in [0.25, 0.3) is 0 Å². The lowest BCUT2D eigenvalue weighted by molar-refractivity contribution is 0.00397. The third-order valence-corrected chi connectivity index (χ3v) is 3.34. The maximum absolute atomic E-state index is 5.19. The Morgan fingerprint density at radius 2 is 1.42 bits per heavy atom. The van der Waals surface area contributed by atoms with Crippen molar-refractivity contribution in [2.24, 2.45) is 10.9 Å². The molecule has 96 valence electrons. The molecule has 1 aliphatic heterocycles. The van der Waals surface area contributed by atoms with Crippen molar-refractivity contribution in [2.75, 3.05) is 13.2 Å². The Balaban J connectivity index is 1.89. The van der Waals surface area contributed by atoms with Gasteiger partial charge in [0.25, 0.3) is 0 Å². The minimum absolute atomic E-state index is 0.0861. The second-order valence-electron chi connectivity index (χ2n) is 4.82. The third-order valence-electron chi connectivity index (χ3n) is 3.34. The highest BCUT2D eigenvalue weighted by Gasteiger charge is 2.17. The standard InChI is InChI=1S/C17H17NO/c1-3-7-15(8-4-1)17(16-9-5-2-6-10-16)18-11-14-12-19-13-14/h1-11,14,17H,12-13H2/b18-11+. The van der Waals surface area contributed by atoms with Crippen molar-refractivity contribution in [1.82, 2.24) is 0 Å². The van der Waals surface area contributed by atoms with E-state index in [0.717, 1.165) is 13.2 Å². The molecular weight excluding hydrogens is 234 g/mol. The SMILES string of the molecule is C(=N\C(c1ccccc1)c1ccccc1)/C1COC1. The van der Waals surface area contributed by atoms with Crippen LogP contribution < -0.4 is 0 Å². The molecule has 0 aromatic heterocycles. The van der Waals surface area contributed by atoms with Gasteiger partial charge in [0.1, 0.15) is 0 Å². The second-order valence-corrected chi connectivity index (χ2v) is 4.82. The Morgan fingerprint density at radius 3 is 1.84 bits per heavy atom. The summed E-state index contributed by atoms with van der Waals surface area (Å²) in [6.45, 7) is 1.61. The molecule has 2 heteroatoms. The van der Waals surface area contributed by atoms with Crippen LogP contribution >= 0.6 is 0 Å². The summed E-state index contributed by atoms with van der Waals surface area (Å²) in [7, 11) is 0. The van der Waals surface area contributed by atoms with Crippen LogP contribution in [0.3, 0.4) is 0 Å². The largest absolute Gasteiger partial charge is 0.380 e. The van der Waals surface area contributed by atoms with Crippen LogP contribution in [-0.2, 0) is 4.74 Å². The maximum Gasteiger partial charge on any atom is 0.0995 e. The smallest absolute Gasteiger partial charge is 0.0995 e. The highest BCUT2D eigenvalue weighted by molar-refractivity contribution is 5.63. The molecule has 0 aliphatic carbocycles. The zero-order valence-electron chi connectivity index (χ0n) is 10.8. The zero-order chi connectivity index (χ0) is 12.9. The molecule has 1 heterocycles. The first kappa shape index (κ1) is 12.1. The molecular formula is C17H17NO. The molecule has 0 N–H and O–H groups in total. The van der Waals surface area contributed by atoms with Gasteiger partial charge in [-0.25, -0.2) is 0 Å². The molecule has 0 bridgehead atoms. The summed E-state index contributed by atoms with van der Waals surface area (Å²) in [5.74, 6) is 0.481. The van der Waals surface area contributed by atoms with Crippen molar-refractivity contribution < 1.29 is 4.74 Å². The normalized spacial score (nSPS) is 15.8. The van der Waals surface area contributed by atoms with Crippen LogP contribution in [0, 0.1) is 5.92 Å². The van der Waals surface area contributed by atoms with Crippen LogP contribution in [0.4, 0.5) is 0 Å². The predicted molar refractivity (Wildman–Crippen MR) is 77.5 cm³/mol. The average Bonchev–Trinajstić information content (AvgIpc) is 2.43. The quantitative estimate of drug-likeness (QED) is 0.762. The van der Waals surface area contributed by atoms with Gasteiger partial charge in [0, 0.05) is 12.1 Å². The highest BCUT2D eigenvalue weighted by Crippen LogP contribution is 2.26. The molecule has 0 unspecified atom stereocenters. The van der Waals surface area contributed by atoms with Crippen molar-refractivity contribution in [3.8, 4) is 0 Å². The molecule has 0 saturated carbocycles. The number of rotatable bonds is 4. The zero-order valence-corrected chi connectivity index (χ0v) is 10.8. The summed E-state index contributed by atoms with van der Waals surface area (Å²) >= 11 is 0.